The highest BCUT2D eigenvalue weighted by atomic mass is 33.1. The number of allylic oxidation sites excluding steroid dienone is 3. The maximum absolute atomic E-state index is 4.25. The van der Waals surface area contributed by atoms with Crippen molar-refractivity contribution in [2.45, 2.75) is 47.1 Å². The van der Waals surface area contributed by atoms with Crippen molar-refractivity contribution in [1.29, 1.82) is 0 Å². The lowest BCUT2D eigenvalue weighted by molar-refractivity contribution is -0.695. The first-order valence-corrected chi connectivity index (χ1v) is 18.6. The second kappa shape index (κ2) is 21.5. The zero-order valence-electron chi connectivity index (χ0n) is 27.1. The summed E-state index contributed by atoms with van der Waals surface area (Å²) in [6, 6.07) is 24.2. The van der Waals surface area contributed by atoms with E-state index in [1.807, 2.05) is 27.8 Å². The molecule has 0 aliphatic carbocycles. The molecule has 0 aliphatic rings. The van der Waals surface area contributed by atoms with Gasteiger partial charge in [-0.05, 0) is 94.3 Å². The second-order valence-corrected chi connectivity index (χ2v) is 13.0. The molecule has 1 aromatic heterocycles. The van der Waals surface area contributed by atoms with Gasteiger partial charge in [-0.1, -0.05) is 70.2 Å². The molecule has 0 atom stereocenters. The molecular weight excluding hydrogens is 577 g/mol. The van der Waals surface area contributed by atoms with Crippen LogP contribution in [0.1, 0.15) is 57.4 Å². The Kier molecular flexibility index (Phi) is 17.2. The molecule has 0 saturated heterocycles. The molecular formula is C38H51N4S2+. The minimum Gasteiger partial charge on any atom is -0.371 e. The zero-order chi connectivity index (χ0) is 31.2. The van der Waals surface area contributed by atoms with Crippen molar-refractivity contribution in [3.05, 3.63) is 108 Å². The molecule has 4 nitrogen and oxygen atoms in total. The highest BCUT2D eigenvalue weighted by molar-refractivity contribution is 8.76. The molecule has 6 heteroatoms. The molecule has 0 bridgehead atoms. The number of aliphatic imine (C=N–C) groups is 1. The summed E-state index contributed by atoms with van der Waals surface area (Å²) in [5.74, 6) is 2.22. The van der Waals surface area contributed by atoms with Crippen molar-refractivity contribution >= 4 is 57.4 Å². The molecule has 44 heavy (non-hydrogen) atoms. The summed E-state index contributed by atoms with van der Waals surface area (Å²) in [5.41, 5.74) is 6.27. The maximum atomic E-state index is 4.25. The van der Waals surface area contributed by atoms with E-state index in [1.54, 1.807) is 0 Å². The normalized spacial score (nSPS) is 11.9. The smallest absolute Gasteiger partial charge is 0.205 e. The first kappa shape index (κ1) is 35.3. The quantitative estimate of drug-likeness (QED) is 0.0409. The summed E-state index contributed by atoms with van der Waals surface area (Å²) >= 11 is 0. The Hall–Kier alpha value is -3.22. The number of benzene rings is 2. The van der Waals surface area contributed by atoms with Gasteiger partial charge in [0.15, 0.2) is 6.20 Å². The summed E-state index contributed by atoms with van der Waals surface area (Å²) in [5, 5.41) is 0. The zero-order valence-corrected chi connectivity index (χ0v) is 28.8. The number of unbranched alkanes of at least 4 members (excludes halogenated alkanes) is 1. The summed E-state index contributed by atoms with van der Waals surface area (Å²) in [7, 11) is 3.97. The van der Waals surface area contributed by atoms with E-state index >= 15 is 0 Å². The fourth-order valence-electron chi connectivity index (χ4n) is 4.79. The molecule has 0 spiro atoms. The Labute approximate surface area is 275 Å². The Morgan fingerprint density at radius 1 is 0.682 bits per heavy atom. The van der Waals surface area contributed by atoms with Crippen molar-refractivity contribution in [3.8, 4) is 0 Å². The minimum atomic E-state index is 0.871. The van der Waals surface area contributed by atoms with Crippen LogP contribution in [0.15, 0.2) is 96.1 Å². The average Bonchev–Trinajstić information content (AvgIpc) is 3.07. The van der Waals surface area contributed by atoms with Gasteiger partial charge in [0, 0.05) is 73.8 Å². The number of aromatic nitrogens is 1. The third kappa shape index (κ3) is 12.8. The number of pyridine rings is 1. The summed E-state index contributed by atoms with van der Waals surface area (Å²) in [4.78, 5) is 9.18. The van der Waals surface area contributed by atoms with Gasteiger partial charge in [0.1, 0.15) is 6.54 Å². The van der Waals surface area contributed by atoms with E-state index < -0.39 is 0 Å². The second-order valence-electron chi connectivity index (χ2n) is 10.3. The molecule has 0 aliphatic heterocycles. The van der Waals surface area contributed by atoms with Gasteiger partial charge in [-0.2, -0.15) is 4.57 Å². The lowest BCUT2D eigenvalue weighted by Crippen LogP contribution is -2.34. The molecule has 0 saturated carbocycles. The van der Waals surface area contributed by atoms with Crippen LogP contribution in [0.25, 0.3) is 18.2 Å². The van der Waals surface area contributed by atoms with Crippen LogP contribution in [0.3, 0.4) is 0 Å². The third-order valence-corrected chi connectivity index (χ3v) is 9.69. The van der Waals surface area contributed by atoms with Gasteiger partial charge in [-0.25, -0.2) is 0 Å². The predicted molar refractivity (Wildman–Crippen MR) is 201 cm³/mol. The molecule has 1 heterocycles. The van der Waals surface area contributed by atoms with Crippen LogP contribution < -0.4 is 14.4 Å². The molecule has 0 amide bonds. The van der Waals surface area contributed by atoms with E-state index in [-0.39, 0.29) is 0 Å². The molecule has 0 radical (unpaired) electrons. The van der Waals surface area contributed by atoms with Crippen LogP contribution in [-0.4, -0.2) is 50.4 Å². The Morgan fingerprint density at radius 2 is 1.30 bits per heavy atom. The van der Waals surface area contributed by atoms with Crippen molar-refractivity contribution < 1.29 is 4.57 Å². The molecule has 234 valence electrons. The van der Waals surface area contributed by atoms with Gasteiger partial charge in [0.2, 0.25) is 5.69 Å². The summed E-state index contributed by atoms with van der Waals surface area (Å²) < 4.78 is 2.25. The van der Waals surface area contributed by atoms with E-state index in [0.29, 0.717) is 0 Å². The van der Waals surface area contributed by atoms with E-state index in [2.05, 4.69) is 156 Å². The topological polar surface area (TPSA) is 22.7 Å². The highest BCUT2D eigenvalue weighted by Crippen LogP contribution is 2.24. The van der Waals surface area contributed by atoms with Gasteiger partial charge < -0.3 is 9.80 Å². The minimum absolute atomic E-state index is 0.871. The van der Waals surface area contributed by atoms with Gasteiger partial charge in [0.05, 0.1) is 0 Å². The standard InChI is InChI=1S/C38H51N4S2/c1-5-39-28-14-11-9-10-12-16-34-18-24-37(25-19-34)41(7-3)30-32-43-44-33-31-42(8-4)38-26-21-35(22-27-38)20-23-36-17-13-15-29-40(36)6-2/h9-10,12-13,15-29H,5-8,11,14,30-33H2,1-4H3/q+1/b10-9+,16-12+,39-28+. The largest absolute Gasteiger partial charge is 0.371 e. The Morgan fingerprint density at radius 3 is 1.86 bits per heavy atom. The van der Waals surface area contributed by atoms with Gasteiger partial charge in [-0.3, -0.25) is 4.99 Å². The van der Waals surface area contributed by atoms with Crippen LogP contribution in [0, 0.1) is 0 Å². The Bertz CT molecular complexity index is 1310. The van der Waals surface area contributed by atoms with Crippen LogP contribution in [0.5, 0.6) is 0 Å². The van der Waals surface area contributed by atoms with Crippen LogP contribution in [0.2, 0.25) is 0 Å². The average molecular weight is 628 g/mol. The van der Waals surface area contributed by atoms with E-state index in [0.717, 1.165) is 63.6 Å². The fourth-order valence-corrected chi connectivity index (χ4v) is 6.77. The predicted octanol–water partition coefficient (Wildman–Crippen LogP) is 9.34. The molecule has 0 fully saturated rings. The number of hydrogen-bond donors (Lipinski definition) is 0. The van der Waals surface area contributed by atoms with Crippen LogP contribution in [-0.2, 0) is 6.54 Å². The monoisotopic (exact) mass is 627 g/mol. The number of rotatable bonds is 20. The number of hydrogen-bond acceptors (Lipinski definition) is 5. The van der Waals surface area contributed by atoms with E-state index in [9.17, 15) is 0 Å². The van der Waals surface area contributed by atoms with E-state index in [4.69, 9.17) is 0 Å². The van der Waals surface area contributed by atoms with Crippen molar-refractivity contribution in [2.24, 2.45) is 4.99 Å². The molecule has 2 aromatic carbocycles. The first-order valence-electron chi connectivity index (χ1n) is 16.1. The number of anilines is 2. The van der Waals surface area contributed by atoms with E-state index in [1.165, 1.54) is 28.2 Å². The third-order valence-electron chi connectivity index (χ3n) is 7.33. The molecule has 3 aromatic rings. The summed E-state index contributed by atoms with van der Waals surface area (Å²) in [6.45, 7) is 14.7. The first-order chi connectivity index (χ1) is 21.7. The molecule has 3 rings (SSSR count). The highest BCUT2D eigenvalue weighted by Gasteiger charge is 2.07. The van der Waals surface area contributed by atoms with Crippen molar-refractivity contribution in [2.75, 3.05) is 54.0 Å². The fraction of sp³-hybridized carbons (Fsp3) is 0.368. The van der Waals surface area contributed by atoms with Gasteiger partial charge in [0.25, 0.3) is 0 Å². The number of nitrogens with zero attached hydrogens (tertiary/aromatic N) is 4. The van der Waals surface area contributed by atoms with Crippen molar-refractivity contribution in [1.82, 2.24) is 0 Å². The van der Waals surface area contributed by atoms with Crippen LogP contribution >= 0.6 is 21.6 Å². The van der Waals surface area contributed by atoms with Crippen LogP contribution in [0.4, 0.5) is 11.4 Å². The number of aryl methyl sites for hydroxylation is 1. The Balaban J connectivity index is 1.36. The lowest BCUT2D eigenvalue weighted by Gasteiger charge is -2.24. The lowest BCUT2D eigenvalue weighted by atomic mass is 10.1. The molecule has 0 N–H and O–H groups in total. The maximum Gasteiger partial charge on any atom is 0.205 e. The van der Waals surface area contributed by atoms with Gasteiger partial charge >= 0.3 is 0 Å². The molecule has 0 unspecified atom stereocenters. The SMILES string of the molecule is CC/N=C/CC/C=C/C=C/c1ccc(N(CC)CCSSCCN(CC)c2ccc(/C=C/c3cccc[n+]3CC)cc2)cc1. The summed E-state index contributed by atoms with van der Waals surface area (Å²) in [6.07, 6.45) is 19.2. The van der Waals surface area contributed by atoms with Gasteiger partial charge in [-0.15, -0.1) is 0 Å². The van der Waals surface area contributed by atoms with Crippen molar-refractivity contribution in [3.63, 3.8) is 0 Å².